The van der Waals surface area contributed by atoms with Gasteiger partial charge < -0.3 is 15.8 Å². The number of amides is 2. The lowest BCUT2D eigenvalue weighted by Gasteiger charge is -2.13. The van der Waals surface area contributed by atoms with Crippen molar-refractivity contribution in [1.82, 2.24) is 15.4 Å². The van der Waals surface area contributed by atoms with Crippen LogP contribution in [0.2, 0.25) is 0 Å². The Kier molecular flexibility index (Phi) is 5.09. The van der Waals surface area contributed by atoms with Crippen molar-refractivity contribution in [1.29, 1.82) is 0 Å². The summed E-state index contributed by atoms with van der Waals surface area (Å²) in [5, 5.41) is 25.3. The highest BCUT2D eigenvalue weighted by Gasteiger charge is 2.23. The summed E-state index contributed by atoms with van der Waals surface area (Å²) >= 11 is 0. The number of primary amides is 1. The number of urea groups is 1. The number of carbonyl (C=O) groups excluding carboxylic acids is 1. The van der Waals surface area contributed by atoms with Gasteiger partial charge in [0, 0.05) is 12.1 Å². The average molecular weight is 382 g/mol. The molecule has 1 heterocycles. The van der Waals surface area contributed by atoms with Crippen molar-refractivity contribution in [2.45, 2.75) is 6.10 Å². The van der Waals surface area contributed by atoms with Gasteiger partial charge in [0.05, 0.1) is 16.0 Å². The van der Waals surface area contributed by atoms with E-state index in [9.17, 15) is 24.8 Å². The number of rotatable bonds is 5. The van der Waals surface area contributed by atoms with Crippen molar-refractivity contribution in [3.05, 3.63) is 80.3 Å². The molecule has 0 spiro atoms. The number of H-pyrrole nitrogens is 1. The molecule has 0 saturated heterocycles. The Labute approximate surface area is 156 Å². The smallest absolute Gasteiger partial charge is 0.332 e. The van der Waals surface area contributed by atoms with Crippen molar-refractivity contribution in [3.63, 3.8) is 0 Å². The van der Waals surface area contributed by atoms with Gasteiger partial charge in [-0.2, -0.15) is 5.10 Å². The number of carbonyl (C=O) groups is 1. The van der Waals surface area contributed by atoms with E-state index in [1.165, 1.54) is 18.2 Å². The van der Waals surface area contributed by atoms with E-state index in [0.717, 1.165) is 0 Å². The maximum atomic E-state index is 12.5. The van der Waals surface area contributed by atoms with Crippen LogP contribution >= 0.6 is 0 Å². The highest BCUT2D eigenvalue weighted by molar-refractivity contribution is 6.03. The monoisotopic (exact) mass is 382 g/mol. The fourth-order valence-electron chi connectivity index (χ4n) is 2.51. The molecule has 0 saturated carbocycles. The zero-order chi connectivity index (χ0) is 20.3. The third-order valence-electron chi connectivity index (χ3n) is 3.79. The number of aromatic amines is 1. The molecule has 3 rings (SSSR count). The number of hydrogen-bond acceptors (Lipinski definition) is 7. The normalized spacial score (nSPS) is 12.5. The van der Waals surface area contributed by atoms with E-state index >= 15 is 0 Å². The van der Waals surface area contributed by atoms with Crippen LogP contribution in [0.25, 0.3) is 11.0 Å². The quantitative estimate of drug-likeness (QED) is 0.290. The Bertz CT molecular complexity index is 1140. The molecule has 0 fully saturated rings. The molecule has 2 amide bonds. The zero-order valence-electron chi connectivity index (χ0n) is 14.2. The minimum Gasteiger partial charge on any atom is -0.382 e. The summed E-state index contributed by atoms with van der Waals surface area (Å²) in [4.78, 5) is 40.5. The first kappa shape index (κ1) is 18.7. The molecule has 0 aliphatic carbocycles. The fourth-order valence-corrected chi connectivity index (χ4v) is 2.51. The third-order valence-corrected chi connectivity index (χ3v) is 3.79. The first-order chi connectivity index (χ1) is 13.4. The van der Waals surface area contributed by atoms with Crippen LogP contribution < -0.4 is 16.7 Å². The number of nitrogens with one attached hydrogen (secondary N) is 2. The third kappa shape index (κ3) is 3.83. The topological polar surface area (TPSA) is 177 Å². The Balaban J connectivity index is 2.15. The van der Waals surface area contributed by atoms with Crippen LogP contribution in [-0.4, -0.2) is 31.7 Å². The number of aliphatic hydroxyl groups excluding tert-OH is 1. The molecule has 11 nitrogen and oxygen atoms in total. The Morgan fingerprint density at radius 3 is 2.64 bits per heavy atom. The number of nitro groups is 1. The molecule has 0 aliphatic heterocycles. The van der Waals surface area contributed by atoms with Crippen LogP contribution in [0.5, 0.6) is 0 Å². The summed E-state index contributed by atoms with van der Waals surface area (Å²) in [5.41, 5.74) is 6.28. The molecule has 0 unspecified atom stereocenters. The predicted molar refractivity (Wildman–Crippen MR) is 99.7 cm³/mol. The molecule has 1 aromatic heterocycles. The van der Waals surface area contributed by atoms with E-state index in [4.69, 9.17) is 5.73 Å². The molecule has 1 atom stereocenters. The van der Waals surface area contributed by atoms with Crippen LogP contribution in [0.3, 0.4) is 0 Å². The molecule has 2 aromatic carbocycles. The lowest BCUT2D eigenvalue weighted by Crippen LogP contribution is -2.31. The van der Waals surface area contributed by atoms with E-state index in [1.54, 1.807) is 30.3 Å². The van der Waals surface area contributed by atoms with Gasteiger partial charge >= 0.3 is 6.03 Å². The number of nitrogens with two attached hydrogens (primary N) is 1. The molecular formula is C17H14N6O5. The summed E-state index contributed by atoms with van der Waals surface area (Å²) in [7, 11) is 0. The second-order valence-electron chi connectivity index (χ2n) is 5.66. The first-order valence-corrected chi connectivity index (χ1v) is 7.91. The van der Waals surface area contributed by atoms with E-state index < -0.39 is 22.6 Å². The SMILES string of the molecule is NC(=O)N/N=C(\c1nc2ccc([N+](=O)[O-])cc2[nH]c1=O)[C@H](O)c1ccccc1. The summed E-state index contributed by atoms with van der Waals surface area (Å²) in [6, 6.07) is 11.0. The maximum Gasteiger partial charge on any atom is 0.332 e. The van der Waals surface area contributed by atoms with E-state index in [0.29, 0.717) is 5.56 Å². The number of fused-ring (bicyclic) bond motifs is 1. The highest BCUT2D eigenvalue weighted by Crippen LogP contribution is 2.20. The standard InChI is InChI=1S/C17H14N6O5/c18-17(26)22-21-13(15(24)9-4-2-1-3-5-9)14-16(25)20-12-8-10(23(27)28)6-7-11(12)19-14/h1-8,15,24H,(H,20,25)(H3,18,22,26)/b21-13+/t15-/m1/s1. The van der Waals surface area contributed by atoms with Gasteiger partial charge in [0.15, 0.2) is 5.69 Å². The van der Waals surface area contributed by atoms with Gasteiger partial charge in [-0.05, 0) is 11.6 Å². The number of hydrazone groups is 1. The number of non-ortho nitro benzene ring substituents is 1. The highest BCUT2D eigenvalue weighted by atomic mass is 16.6. The molecular weight excluding hydrogens is 368 g/mol. The number of hydrogen-bond donors (Lipinski definition) is 4. The second kappa shape index (κ2) is 7.63. The Morgan fingerprint density at radius 1 is 1.29 bits per heavy atom. The van der Waals surface area contributed by atoms with Crippen molar-refractivity contribution in [2.75, 3.05) is 0 Å². The van der Waals surface area contributed by atoms with E-state index in [-0.39, 0.29) is 28.1 Å². The lowest BCUT2D eigenvalue weighted by molar-refractivity contribution is -0.384. The van der Waals surface area contributed by atoms with Gasteiger partial charge in [0.1, 0.15) is 11.8 Å². The molecule has 5 N–H and O–H groups in total. The largest absolute Gasteiger partial charge is 0.382 e. The molecule has 0 aliphatic rings. The minimum absolute atomic E-state index is 0.138. The summed E-state index contributed by atoms with van der Waals surface area (Å²) in [5.74, 6) is 0. The van der Waals surface area contributed by atoms with E-state index in [1.807, 2.05) is 5.43 Å². The zero-order valence-corrected chi connectivity index (χ0v) is 14.2. The molecule has 0 bridgehead atoms. The van der Waals surface area contributed by atoms with Crippen molar-refractivity contribution < 1.29 is 14.8 Å². The van der Waals surface area contributed by atoms with Crippen LogP contribution in [0.1, 0.15) is 17.4 Å². The summed E-state index contributed by atoms with van der Waals surface area (Å²) in [6.45, 7) is 0. The lowest BCUT2D eigenvalue weighted by atomic mass is 10.0. The number of benzene rings is 2. The first-order valence-electron chi connectivity index (χ1n) is 7.91. The second-order valence-corrected chi connectivity index (χ2v) is 5.66. The molecule has 11 heteroatoms. The predicted octanol–water partition coefficient (Wildman–Crippen LogP) is 0.937. The van der Waals surface area contributed by atoms with Crippen LogP contribution in [0.15, 0.2) is 58.4 Å². The van der Waals surface area contributed by atoms with Crippen LogP contribution in [-0.2, 0) is 0 Å². The number of nitro benzene ring substituents is 1. The molecule has 28 heavy (non-hydrogen) atoms. The molecule has 0 radical (unpaired) electrons. The van der Waals surface area contributed by atoms with E-state index in [2.05, 4.69) is 15.1 Å². The number of aliphatic hydroxyl groups is 1. The molecule has 142 valence electrons. The maximum absolute atomic E-state index is 12.5. The average Bonchev–Trinajstić information content (AvgIpc) is 2.68. The minimum atomic E-state index is -1.39. The number of aromatic nitrogens is 2. The summed E-state index contributed by atoms with van der Waals surface area (Å²) < 4.78 is 0. The summed E-state index contributed by atoms with van der Waals surface area (Å²) in [6.07, 6.45) is -1.39. The van der Waals surface area contributed by atoms with Crippen molar-refractivity contribution in [2.24, 2.45) is 10.8 Å². The van der Waals surface area contributed by atoms with Crippen LogP contribution in [0.4, 0.5) is 10.5 Å². The Morgan fingerprint density at radius 2 is 2.00 bits per heavy atom. The van der Waals surface area contributed by atoms with Gasteiger partial charge in [-0.15, -0.1) is 0 Å². The van der Waals surface area contributed by atoms with Gasteiger partial charge in [-0.25, -0.2) is 15.2 Å². The van der Waals surface area contributed by atoms with Gasteiger partial charge in [-0.1, -0.05) is 30.3 Å². The number of nitrogens with zero attached hydrogens (tertiary/aromatic N) is 3. The van der Waals surface area contributed by atoms with Crippen LogP contribution in [0, 0.1) is 10.1 Å². The molecule has 3 aromatic rings. The Hall–Kier alpha value is -4.12. The van der Waals surface area contributed by atoms with Crippen molar-refractivity contribution in [3.8, 4) is 0 Å². The van der Waals surface area contributed by atoms with Gasteiger partial charge in [0.2, 0.25) is 0 Å². The van der Waals surface area contributed by atoms with Gasteiger partial charge in [0.25, 0.3) is 11.2 Å². The van der Waals surface area contributed by atoms with Gasteiger partial charge in [-0.3, -0.25) is 14.9 Å². The fraction of sp³-hybridized carbons (Fsp3) is 0.0588. The van der Waals surface area contributed by atoms with Crippen molar-refractivity contribution >= 4 is 28.5 Å².